The quantitative estimate of drug-likeness (QED) is 0.302. The number of carbonyl (C=O) groups is 2. The highest BCUT2D eigenvalue weighted by Crippen LogP contribution is 2.45. The first-order chi connectivity index (χ1) is 16.2. The van der Waals surface area contributed by atoms with Crippen molar-refractivity contribution < 1.29 is 37.4 Å². The van der Waals surface area contributed by atoms with Gasteiger partial charge >= 0.3 is 0 Å². The average Bonchev–Trinajstić information content (AvgIpc) is 3.34. The maximum Gasteiger partial charge on any atom is 0.300 e. The number of benzene rings is 2. The Morgan fingerprint density at radius 1 is 1.06 bits per heavy atom. The number of furan rings is 1. The number of anilines is 1. The first kappa shape index (κ1) is 23.3. The number of amides is 1. The fraction of sp³-hybridized carbons (Fsp3) is 0.167. The predicted octanol–water partition coefficient (Wildman–Crippen LogP) is 5.16. The van der Waals surface area contributed by atoms with Gasteiger partial charge in [-0.15, -0.1) is 0 Å². The molecule has 1 unspecified atom stereocenters. The molecule has 1 amide bonds. The molecule has 1 saturated heterocycles. The van der Waals surface area contributed by atoms with Crippen LogP contribution in [0.25, 0.3) is 5.76 Å². The van der Waals surface area contributed by atoms with E-state index in [2.05, 4.69) is 0 Å². The molecule has 1 aliphatic rings. The van der Waals surface area contributed by atoms with Gasteiger partial charge in [-0.3, -0.25) is 14.5 Å². The maximum absolute atomic E-state index is 14.7. The van der Waals surface area contributed by atoms with Crippen molar-refractivity contribution in [3.63, 3.8) is 0 Å². The molecule has 2 aromatic carbocycles. The van der Waals surface area contributed by atoms with Gasteiger partial charge < -0.3 is 19.0 Å². The smallest absolute Gasteiger partial charge is 0.300 e. The molecule has 0 saturated carbocycles. The van der Waals surface area contributed by atoms with Crippen molar-refractivity contribution in [3.05, 3.63) is 81.8 Å². The molecule has 1 atom stereocenters. The van der Waals surface area contributed by atoms with Crippen LogP contribution in [0, 0.1) is 18.6 Å². The lowest BCUT2D eigenvalue weighted by atomic mass is 9.98. The molecule has 1 fully saturated rings. The Morgan fingerprint density at radius 3 is 2.35 bits per heavy atom. The van der Waals surface area contributed by atoms with E-state index < -0.39 is 35.1 Å². The van der Waals surface area contributed by atoms with E-state index in [-0.39, 0.29) is 39.1 Å². The number of aliphatic hydroxyl groups excluding tert-OH is 1. The molecule has 176 valence electrons. The lowest BCUT2D eigenvalue weighted by molar-refractivity contribution is -0.132. The lowest BCUT2D eigenvalue weighted by Gasteiger charge is -2.24. The summed E-state index contributed by atoms with van der Waals surface area (Å²) < 4.78 is 44.3. The zero-order chi connectivity index (χ0) is 24.7. The second-order valence-electron chi connectivity index (χ2n) is 7.40. The minimum atomic E-state index is -1.35. The zero-order valence-corrected chi connectivity index (χ0v) is 18.9. The average molecular weight is 490 g/mol. The van der Waals surface area contributed by atoms with Crippen molar-refractivity contribution in [2.75, 3.05) is 19.1 Å². The highest BCUT2D eigenvalue weighted by molar-refractivity contribution is 6.51. The number of rotatable bonds is 5. The van der Waals surface area contributed by atoms with Crippen molar-refractivity contribution in [1.82, 2.24) is 0 Å². The Kier molecular flexibility index (Phi) is 6.05. The molecular weight excluding hydrogens is 472 g/mol. The van der Waals surface area contributed by atoms with Crippen LogP contribution in [0.15, 0.2) is 52.5 Å². The summed E-state index contributed by atoms with van der Waals surface area (Å²) in [5.41, 5.74) is -0.747. The summed E-state index contributed by atoms with van der Waals surface area (Å²) >= 11 is 6.21. The van der Waals surface area contributed by atoms with Crippen molar-refractivity contribution in [2.45, 2.75) is 13.0 Å². The van der Waals surface area contributed by atoms with Crippen LogP contribution >= 0.6 is 11.6 Å². The standard InChI is InChI=1S/C24H18ClF2NO6/c1-11-4-7-17(34-11)21-20(22(29)13-9-14(25)19(33-3)10-18(13)32-2)23(30)24(31)28(21)16-6-5-12(26)8-15(16)27/h4-10,21,29H,1-3H3/b22-20+. The Hall–Kier alpha value is -3.85. The molecular formula is C24H18ClF2NO6. The van der Waals surface area contributed by atoms with Crippen LogP contribution in [0.3, 0.4) is 0 Å². The first-order valence-electron chi connectivity index (χ1n) is 9.92. The number of ether oxygens (including phenoxy) is 2. The predicted molar refractivity (Wildman–Crippen MR) is 119 cm³/mol. The number of nitrogens with zero attached hydrogens (tertiary/aromatic N) is 1. The summed E-state index contributed by atoms with van der Waals surface area (Å²) in [6, 6.07) is 7.01. The zero-order valence-electron chi connectivity index (χ0n) is 18.2. The highest BCUT2D eigenvalue weighted by atomic mass is 35.5. The number of ketones is 1. The molecule has 0 spiro atoms. The van der Waals surface area contributed by atoms with E-state index in [4.69, 9.17) is 25.5 Å². The van der Waals surface area contributed by atoms with Gasteiger partial charge in [-0.2, -0.15) is 0 Å². The third kappa shape index (κ3) is 3.77. The van der Waals surface area contributed by atoms with E-state index >= 15 is 0 Å². The molecule has 2 heterocycles. The first-order valence-corrected chi connectivity index (χ1v) is 10.3. The topological polar surface area (TPSA) is 89.2 Å². The second-order valence-corrected chi connectivity index (χ2v) is 7.81. The van der Waals surface area contributed by atoms with E-state index in [9.17, 15) is 23.5 Å². The minimum absolute atomic E-state index is 0.000781. The van der Waals surface area contributed by atoms with E-state index in [0.717, 1.165) is 17.0 Å². The Labute approximate surface area is 197 Å². The van der Waals surface area contributed by atoms with Crippen LogP contribution < -0.4 is 14.4 Å². The highest BCUT2D eigenvalue weighted by Gasteiger charge is 2.49. The number of methoxy groups -OCH3 is 2. The van der Waals surface area contributed by atoms with Gasteiger partial charge in [0.2, 0.25) is 0 Å². The minimum Gasteiger partial charge on any atom is -0.507 e. The molecule has 1 aromatic heterocycles. The van der Waals surface area contributed by atoms with Crippen LogP contribution in [0.4, 0.5) is 14.5 Å². The van der Waals surface area contributed by atoms with Crippen LogP contribution in [0.5, 0.6) is 11.5 Å². The number of halogens is 3. The largest absolute Gasteiger partial charge is 0.507 e. The van der Waals surface area contributed by atoms with Gasteiger partial charge in [0.25, 0.3) is 11.7 Å². The Bertz CT molecular complexity index is 1350. The lowest BCUT2D eigenvalue weighted by Crippen LogP contribution is -2.30. The van der Waals surface area contributed by atoms with Gasteiger partial charge in [-0.1, -0.05) is 11.6 Å². The van der Waals surface area contributed by atoms with Crippen LogP contribution in [-0.4, -0.2) is 31.0 Å². The van der Waals surface area contributed by atoms with Gasteiger partial charge in [0, 0.05) is 12.1 Å². The van der Waals surface area contributed by atoms with Gasteiger partial charge in [-0.05, 0) is 37.3 Å². The number of carbonyl (C=O) groups excluding carboxylic acids is 2. The molecule has 0 radical (unpaired) electrons. The fourth-order valence-corrected chi connectivity index (χ4v) is 4.06. The van der Waals surface area contributed by atoms with Gasteiger partial charge in [-0.25, -0.2) is 8.78 Å². The third-order valence-electron chi connectivity index (χ3n) is 5.37. The monoisotopic (exact) mass is 489 g/mol. The second kappa shape index (κ2) is 8.83. The summed E-state index contributed by atoms with van der Waals surface area (Å²) in [6.45, 7) is 1.64. The Morgan fingerprint density at radius 2 is 1.76 bits per heavy atom. The molecule has 3 aromatic rings. The number of aryl methyl sites for hydroxylation is 1. The summed E-state index contributed by atoms with van der Waals surface area (Å²) in [5, 5.41) is 11.3. The number of hydrogen-bond donors (Lipinski definition) is 1. The molecule has 10 heteroatoms. The summed E-state index contributed by atoms with van der Waals surface area (Å²) in [7, 11) is 2.72. The molecule has 0 aliphatic carbocycles. The van der Waals surface area contributed by atoms with E-state index in [1.165, 1.54) is 32.4 Å². The van der Waals surface area contributed by atoms with Crippen molar-refractivity contribution in [1.29, 1.82) is 0 Å². The molecule has 0 bridgehead atoms. The molecule has 7 nitrogen and oxygen atoms in total. The van der Waals surface area contributed by atoms with Crippen LogP contribution in [0.2, 0.25) is 5.02 Å². The molecule has 1 aliphatic heterocycles. The third-order valence-corrected chi connectivity index (χ3v) is 5.67. The molecule has 4 rings (SSSR count). The maximum atomic E-state index is 14.7. The van der Waals surface area contributed by atoms with Crippen molar-refractivity contribution in [3.8, 4) is 11.5 Å². The summed E-state index contributed by atoms with van der Waals surface area (Å²) in [6.07, 6.45) is 0. The number of hydrogen-bond acceptors (Lipinski definition) is 6. The summed E-state index contributed by atoms with van der Waals surface area (Å²) in [4.78, 5) is 27.0. The Balaban J connectivity index is 1.99. The van der Waals surface area contributed by atoms with Crippen LogP contribution in [-0.2, 0) is 9.59 Å². The van der Waals surface area contributed by atoms with E-state index in [1.807, 2.05) is 0 Å². The summed E-state index contributed by atoms with van der Waals surface area (Å²) in [5.74, 6) is -3.90. The molecule has 1 N–H and O–H groups in total. The number of aliphatic hydroxyl groups is 1. The van der Waals surface area contributed by atoms with Crippen LogP contribution in [0.1, 0.15) is 23.1 Å². The van der Waals surface area contributed by atoms with E-state index in [0.29, 0.717) is 11.8 Å². The van der Waals surface area contributed by atoms with Crippen molar-refractivity contribution >= 4 is 34.7 Å². The van der Waals surface area contributed by atoms with Gasteiger partial charge in [0.1, 0.15) is 46.5 Å². The SMILES string of the molecule is COc1cc(OC)c(/C(O)=C2\C(=O)C(=O)N(c3ccc(F)cc3F)C2c2ccc(C)o2)cc1Cl. The van der Waals surface area contributed by atoms with Gasteiger partial charge in [0.15, 0.2) is 0 Å². The van der Waals surface area contributed by atoms with Gasteiger partial charge in [0.05, 0.1) is 36.1 Å². The normalized spacial score (nSPS) is 17.4. The number of Topliss-reactive ketones (excluding diaryl/α,β-unsaturated/α-hetero) is 1. The van der Waals surface area contributed by atoms with Crippen molar-refractivity contribution in [2.24, 2.45) is 0 Å². The fourth-order valence-electron chi connectivity index (χ4n) is 3.82. The van der Waals surface area contributed by atoms with E-state index in [1.54, 1.807) is 13.0 Å². The molecule has 34 heavy (non-hydrogen) atoms.